The smallest absolute Gasteiger partial charge is 0.118 e. The second kappa shape index (κ2) is 5.01. The number of nitrogens with zero attached hydrogens (tertiary/aromatic N) is 2. The summed E-state index contributed by atoms with van der Waals surface area (Å²) < 4.78 is 6.91. The van der Waals surface area contributed by atoms with Crippen LogP contribution in [0.1, 0.15) is 24.2 Å². The number of ether oxygens (including phenoxy) is 1. The molecule has 1 heterocycles. The van der Waals surface area contributed by atoms with Crippen molar-refractivity contribution in [2.75, 3.05) is 7.11 Å². The van der Waals surface area contributed by atoms with E-state index in [1.54, 1.807) is 20.2 Å². The Morgan fingerprint density at radius 1 is 1.35 bits per heavy atom. The Morgan fingerprint density at radius 2 is 2.06 bits per heavy atom. The lowest BCUT2D eigenvalue weighted by Crippen LogP contribution is -1.99. The largest absolute Gasteiger partial charge is 0.497 e. The maximum absolute atomic E-state index is 9.40. The predicted octanol–water partition coefficient (Wildman–Crippen LogP) is 1.99. The van der Waals surface area contributed by atoms with E-state index < -0.39 is 6.10 Å². The molecular formula is C13H16N2O2. The monoisotopic (exact) mass is 232 g/mol. The number of methoxy groups -OCH3 is 1. The molecule has 0 aliphatic carbocycles. The summed E-state index contributed by atoms with van der Waals surface area (Å²) in [6, 6.07) is 7.86. The van der Waals surface area contributed by atoms with E-state index in [1.807, 2.05) is 35.1 Å². The van der Waals surface area contributed by atoms with Gasteiger partial charge in [0.15, 0.2) is 0 Å². The first kappa shape index (κ1) is 11.7. The lowest BCUT2D eigenvalue weighted by atomic mass is 10.2. The van der Waals surface area contributed by atoms with Crippen molar-refractivity contribution in [2.45, 2.75) is 19.6 Å². The van der Waals surface area contributed by atoms with Gasteiger partial charge in [-0.25, -0.2) is 0 Å². The first-order chi connectivity index (χ1) is 8.19. The van der Waals surface area contributed by atoms with E-state index in [1.165, 1.54) is 0 Å². The third-order valence-corrected chi connectivity index (χ3v) is 2.64. The lowest BCUT2D eigenvalue weighted by Gasteiger charge is -2.04. The van der Waals surface area contributed by atoms with Crippen LogP contribution in [0.4, 0.5) is 0 Å². The maximum Gasteiger partial charge on any atom is 0.118 e. The Labute approximate surface area is 100 Å². The third kappa shape index (κ3) is 2.85. The molecule has 1 aromatic heterocycles. The first-order valence-corrected chi connectivity index (χ1v) is 5.52. The fourth-order valence-electron chi connectivity index (χ4n) is 1.60. The van der Waals surface area contributed by atoms with Crippen LogP contribution in [-0.4, -0.2) is 22.0 Å². The molecule has 0 fully saturated rings. The Morgan fingerprint density at radius 3 is 2.59 bits per heavy atom. The summed E-state index contributed by atoms with van der Waals surface area (Å²) in [6.45, 7) is 2.42. The molecule has 0 spiro atoms. The van der Waals surface area contributed by atoms with Crippen molar-refractivity contribution < 1.29 is 9.84 Å². The van der Waals surface area contributed by atoms with E-state index in [0.717, 1.165) is 16.9 Å². The number of aliphatic hydroxyl groups excluding tert-OH is 1. The fourth-order valence-corrected chi connectivity index (χ4v) is 1.60. The summed E-state index contributed by atoms with van der Waals surface area (Å²) in [7, 11) is 1.65. The van der Waals surface area contributed by atoms with Gasteiger partial charge in [-0.2, -0.15) is 5.10 Å². The van der Waals surface area contributed by atoms with Crippen LogP contribution in [0.2, 0.25) is 0 Å². The van der Waals surface area contributed by atoms with Crippen LogP contribution in [0.15, 0.2) is 36.7 Å². The highest BCUT2D eigenvalue weighted by Gasteiger charge is 2.04. The molecule has 0 bridgehead atoms. The van der Waals surface area contributed by atoms with Crippen LogP contribution >= 0.6 is 0 Å². The Kier molecular flexibility index (Phi) is 3.44. The van der Waals surface area contributed by atoms with Gasteiger partial charge in [-0.3, -0.25) is 4.68 Å². The first-order valence-electron chi connectivity index (χ1n) is 5.52. The molecule has 90 valence electrons. The number of hydrogen-bond acceptors (Lipinski definition) is 3. The summed E-state index contributed by atoms with van der Waals surface area (Å²) in [5.41, 5.74) is 1.98. The molecule has 0 saturated heterocycles. The summed E-state index contributed by atoms with van der Waals surface area (Å²) in [4.78, 5) is 0. The molecule has 1 aromatic carbocycles. The Balaban J connectivity index is 2.08. The van der Waals surface area contributed by atoms with Gasteiger partial charge in [-0.05, 0) is 24.6 Å². The molecule has 4 heteroatoms. The van der Waals surface area contributed by atoms with Crippen molar-refractivity contribution in [2.24, 2.45) is 0 Å². The highest BCUT2D eigenvalue weighted by molar-refractivity contribution is 5.27. The highest BCUT2D eigenvalue weighted by atomic mass is 16.5. The molecule has 4 nitrogen and oxygen atoms in total. The average molecular weight is 232 g/mol. The topological polar surface area (TPSA) is 47.3 Å². The third-order valence-electron chi connectivity index (χ3n) is 2.64. The van der Waals surface area contributed by atoms with Crippen molar-refractivity contribution in [3.63, 3.8) is 0 Å². The van der Waals surface area contributed by atoms with E-state index in [2.05, 4.69) is 5.10 Å². The van der Waals surface area contributed by atoms with Crippen LogP contribution in [0.3, 0.4) is 0 Å². The fraction of sp³-hybridized carbons (Fsp3) is 0.308. The number of benzene rings is 1. The van der Waals surface area contributed by atoms with E-state index in [0.29, 0.717) is 6.54 Å². The second-order valence-electron chi connectivity index (χ2n) is 4.00. The van der Waals surface area contributed by atoms with Gasteiger partial charge in [0.05, 0.1) is 26.0 Å². The van der Waals surface area contributed by atoms with Gasteiger partial charge in [-0.15, -0.1) is 0 Å². The SMILES string of the molecule is COc1ccc(Cn2cc(C(C)O)cn2)cc1. The van der Waals surface area contributed by atoms with Crippen molar-refractivity contribution in [1.29, 1.82) is 0 Å². The number of hydrogen-bond donors (Lipinski definition) is 1. The minimum absolute atomic E-state index is 0.473. The van der Waals surface area contributed by atoms with Crippen LogP contribution < -0.4 is 4.74 Å². The lowest BCUT2D eigenvalue weighted by molar-refractivity contribution is 0.199. The van der Waals surface area contributed by atoms with Gasteiger partial charge in [-0.1, -0.05) is 12.1 Å². The molecule has 1 unspecified atom stereocenters. The molecule has 0 aliphatic rings. The summed E-state index contributed by atoms with van der Waals surface area (Å²) >= 11 is 0. The quantitative estimate of drug-likeness (QED) is 0.877. The minimum atomic E-state index is -0.473. The zero-order valence-electron chi connectivity index (χ0n) is 10.00. The van der Waals surface area contributed by atoms with Crippen LogP contribution in [0.25, 0.3) is 0 Å². The Hall–Kier alpha value is -1.81. The van der Waals surface area contributed by atoms with Crippen molar-refractivity contribution >= 4 is 0 Å². The van der Waals surface area contributed by atoms with E-state index in [4.69, 9.17) is 4.74 Å². The van der Waals surface area contributed by atoms with E-state index >= 15 is 0 Å². The molecule has 0 radical (unpaired) electrons. The van der Waals surface area contributed by atoms with E-state index in [-0.39, 0.29) is 0 Å². The van der Waals surface area contributed by atoms with Gasteiger partial charge in [0, 0.05) is 11.8 Å². The minimum Gasteiger partial charge on any atom is -0.497 e. The summed E-state index contributed by atoms with van der Waals surface area (Å²) in [5.74, 6) is 0.846. The van der Waals surface area contributed by atoms with Gasteiger partial charge in [0.2, 0.25) is 0 Å². The van der Waals surface area contributed by atoms with Crippen molar-refractivity contribution in [3.8, 4) is 5.75 Å². The van der Waals surface area contributed by atoms with Gasteiger partial charge < -0.3 is 9.84 Å². The van der Waals surface area contributed by atoms with Gasteiger partial charge >= 0.3 is 0 Å². The number of rotatable bonds is 4. The maximum atomic E-state index is 9.40. The summed E-state index contributed by atoms with van der Waals surface area (Å²) in [6.07, 6.45) is 3.07. The number of aromatic nitrogens is 2. The molecule has 2 aromatic rings. The molecule has 1 N–H and O–H groups in total. The molecule has 0 saturated carbocycles. The standard InChI is InChI=1S/C13H16N2O2/c1-10(16)12-7-14-15(9-12)8-11-3-5-13(17-2)6-4-11/h3-7,9-10,16H,8H2,1-2H3. The average Bonchev–Trinajstić information content (AvgIpc) is 2.79. The number of aliphatic hydroxyl groups is 1. The molecule has 17 heavy (non-hydrogen) atoms. The van der Waals surface area contributed by atoms with E-state index in [9.17, 15) is 5.11 Å². The Bertz CT molecular complexity index is 474. The van der Waals surface area contributed by atoms with Crippen molar-refractivity contribution in [3.05, 3.63) is 47.8 Å². The molecule has 0 amide bonds. The molecule has 1 atom stereocenters. The molecule has 0 aliphatic heterocycles. The zero-order valence-corrected chi connectivity index (χ0v) is 10.00. The van der Waals surface area contributed by atoms with Gasteiger partial charge in [0.25, 0.3) is 0 Å². The zero-order chi connectivity index (χ0) is 12.3. The summed E-state index contributed by atoms with van der Waals surface area (Å²) in [5, 5.41) is 13.6. The van der Waals surface area contributed by atoms with Crippen LogP contribution in [-0.2, 0) is 6.54 Å². The van der Waals surface area contributed by atoms with Crippen LogP contribution in [0.5, 0.6) is 5.75 Å². The highest BCUT2D eigenvalue weighted by Crippen LogP contribution is 2.14. The van der Waals surface area contributed by atoms with Crippen LogP contribution in [0, 0.1) is 0 Å². The van der Waals surface area contributed by atoms with Gasteiger partial charge in [0.1, 0.15) is 5.75 Å². The molecular weight excluding hydrogens is 216 g/mol. The predicted molar refractivity (Wildman–Crippen MR) is 65.0 cm³/mol. The molecule has 2 rings (SSSR count). The second-order valence-corrected chi connectivity index (χ2v) is 4.00. The van der Waals surface area contributed by atoms with Crippen molar-refractivity contribution in [1.82, 2.24) is 9.78 Å². The normalized spacial score (nSPS) is 12.4.